The highest BCUT2D eigenvalue weighted by Gasteiger charge is 2.33. The number of carbonyl (C=O) groups is 1. The van der Waals surface area contributed by atoms with Crippen molar-refractivity contribution in [2.45, 2.75) is 30.4 Å². The molecule has 0 spiro atoms. The van der Waals surface area contributed by atoms with Gasteiger partial charge in [-0.1, -0.05) is 48.3 Å². The van der Waals surface area contributed by atoms with Crippen LogP contribution in [0.5, 0.6) is 0 Å². The first-order valence-electron chi connectivity index (χ1n) is 9.74. The summed E-state index contributed by atoms with van der Waals surface area (Å²) in [6.07, 6.45) is 1.29. The molecule has 1 atom stereocenters. The number of benzene rings is 2. The summed E-state index contributed by atoms with van der Waals surface area (Å²) in [6.45, 7) is 2.63. The molecule has 2 aromatic rings. The van der Waals surface area contributed by atoms with Gasteiger partial charge in [-0.25, -0.2) is 12.7 Å². The van der Waals surface area contributed by atoms with Gasteiger partial charge in [0, 0.05) is 28.0 Å². The lowest BCUT2D eigenvalue weighted by molar-refractivity contribution is -0.120. The van der Waals surface area contributed by atoms with Crippen molar-refractivity contribution >= 4 is 56.6 Å². The van der Waals surface area contributed by atoms with Gasteiger partial charge in [0.1, 0.15) is 0 Å². The molecule has 30 heavy (non-hydrogen) atoms. The number of hydrogen-bond acceptors (Lipinski definition) is 4. The molecule has 1 aliphatic rings. The van der Waals surface area contributed by atoms with Gasteiger partial charge in [-0.05, 0) is 48.4 Å². The lowest BCUT2D eigenvalue weighted by atomic mass is 9.99. The lowest BCUT2D eigenvalue weighted by Crippen LogP contribution is -2.44. The smallest absolute Gasteiger partial charge is 0.228 e. The molecule has 0 aromatic heterocycles. The molecule has 0 radical (unpaired) electrons. The first-order chi connectivity index (χ1) is 14.3. The molecule has 5 nitrogen and oxygen atoms in total. The van der Waals surface area contributed by atoms with E-state index >= 15 is 0 Å². The van der Waals surface area contributed by atoms with E-state index in [0.29, 0.717) is 35.0 Å². The number of carbonyl (C=O) groups excluding carboxylic acids is 1. The van der Waals surface area contributed by atoms with Crippen molar-refractivity contribution in [2.24, 2.45) is 5.92 Å². The van der Waals surface area contributed by atoms with Gasteiger partial charge in [-0.15, -0.1) is 11.8 Å². The van der Waals surface area contributed by atoms with Crippen LogP contribution in [-0.4, -0.2) is 37.5 Å². The van der Waals surface area contributed by atoms with Crippen LogP contribution in [-0.2, 0) is 20.6 Å². The number of sulfonamides is 1. The number of anilines is 1. The molecular formula is C21H24Cl2N2O3S2. The lowest BCUT2D eigenvalue weighted by Gasteiger charge is -2.31. The van der Waals surface area contributed by atoms with Crippen LogP contribution in [0.25, 0.3) is 0 Å². The van der Waals surface area contributed by atoms with Gasteiger partial charge in [0.05, 0.1) is 17.4 Å². The van der Waals surface area contributed by atoms with Crippen molar-refractivity contribution in [1.82, 2.24) is 4.31 Å². The number of thioether (sulfide) groups is 1. The number of amides is 1. The van der Waals surface area contributed by atoms with Crippen molar-refractivity contribution in [1.29, 1.82) is 0 Å². The highest BCUT2D eigenvalue weighted by molar-refractivity contribution is 7.99. The third-order valence-corrected chi connectivity index (χ3v) is 8.28. The third-order valence-electron chi connectivity index (χ3n) is 4.95. The second-order valence-corrected chi connectivity index (χ2v) is 11.2. The molecular weight excluding hydrogens is 463 g/mol. The molecule has 0 saturated carbocycles. The molecule has 0 bridgehead atoms. The zero-order valence-electron chi connectivity index (χ0n) is 16.6. The monoisotopic (exact) mass is 486 g/mol. The van der Waals surface area contributed by atoms with Crippen molar-refractivity contribution in [3.05, 3.63) is 58.1 Å². The Morgan fingerprint density at radius 1 is 1.23 bits per heavy atom. The summed E-state index contributed by atoms with van der Waals surface area (Å²) in [4.78, 5) is 13.9. The van der Waals surface area contributed by atoms with Crippen LogP contribution in [0.15, 0.2) is 47.4 Å². The number of piperidine rings is 1. The Morgan fingerprint density at radius 3 is 2.73 bits per heavy atom. The van der Waals surface area contributed by atoms with Crippen LogP contribution in [0.4, 0.5) is 5.69 Å². The fourth-order valence-electron chi connectivity index (χ4n) is 3.42. The standard InChI is InChI=1S/C21H24Cl2N2O3S2/c1-2-29-20-8-4-3-7-19(20)24-21(26)15-6-5-11-25(13-15)30(27,28)14-16-9-10-17(22)12-18(16)23/h3-4,7-10,12,15H,2,5-6,11,13-14H2,1H3,(H,24,26). The van der Waals surface area contributed by atoms with Crippen molar-refractivity contribution < 1.29 is 13.2 Å². The highest BCUT2D eigenvalue weighted by Crippen LogP contribution is 2.29. The molecule has 1 N–H and O–H groups in total. The minimum atomic E-state index is -3.61. The first kappa shape index (κ1) is 23.4. The van der Waals surface area contributed by atoms with Gasteiger partial charge in [-0.2, -0.15) is 0 Å². The van der Waals surface area contributed by atoms with Crippen LogP contribution < -0.4 is 5.32 Å². The van der Waals surface area contributed by atoms with E-state index in [1.165, 1.54) is 10.4 Å². The highest BCUT2D eigenvalue weighted by atomic mass is 35.5. The normalized spacial score (nSPS) is 17.6. The van der Waals surface area contributed by atoms with Gasteiger partial charge >= 0.3 is 0 Å². The molecule has 9 heteroatoms. The summed E-state index contributed by atoms with van der Waals surface area (Å²) in [5.41, 5.74) is 1.26. The van der Waals surface area contributed by atoms with Gasteiger partial charge < -0.3 is 5.32 Å². The van der Waals surface area contributed by atoms with Gasteiger partial charge in [-0.3, -0.25) is 4.79 Å². The molecule has 2 aromatic carbocycles. The quantitative estimate of drug-likeness (QED) is 0.540. The fourth-order valence-corrected chi connectivity index (χ4v) is 6.38. The Kier molecular flexibility index (Phi) is 8.10. The number of nitrogens with one attached hydrogen (secondary N) is 1. The second kappa shape index (κ2) is 10.4. The minimum absolute atomic E-state index is 0.149. The van der Waals surface area contributed by atoms with E-state index in [1.54, 1.807) is 23.9 Å². The summed E-state index contributed by atoms with van der Waals surface area (Å²) in [5.74, 6) is 0.139. The topological polar surface area (TPSA) is 66.5 Å². The zero-order chi connectivity index (χ0) is 21.7. The summed E-state index contributed by atoms with van der Waals surface area (Å²) >= 11 is 13.7. The maximum atomic E-state index is 13.0. The average molecular weight is 487 g/mol. The van der Waals surface area contributed by atoms with E-state index in [-0.39, 0.29) is 18.2 Å². The van der Waals surface area contributed by atoms with Crippen molar-refractivity contribution in [3.8, 4) is 0 Å². The third kappa shape index (κ3) is 5.92. The van der Waals surface area contributed by atoms with E-state index < -0.39 is 15.9 Å². The van der Waals surface area contributed by atoms with E-state index in [0.717, 1.165) is 16.3 Å². The largest absolute Gasteiger partial charge is 0.325 e. The Labute approximate surface area is 192 Å². The first-order valence-corrected chi connectivity index (χ1v) is 13.1. The number of nitrogens with zero attached hydrogens (tertiary/aromatic N) is 1. The van der Waals surface area contributed by atoms with Crippen LogP contribution in [0, 0.1) is 5.92 Å². The summed E-state index contributed by atoms with van der Waals surface area (Å²) < 4.78 is 27.3. The molecule has 1 heterocycles. The Bertz CT molecular complexity index is 1020. The number of rotatable bonds is 7. The molecule has 1 unspecified atom stereocenters. The van der Waals surface area contributed by atoms with E-state index in [9.17, 15) is 13.2 Å². The fraction of sp³-hybridized carbons (Fsp3) is 0.381. The van der Waals surface area contributed by atoms with E-state index in [4.69, 9.17) is 23.2 Å². The molecule has 1 amide bonds. The Hall–Kier alpha value is -1.25. The zero-order valence-corrected chi connectivity index (χ0v) is 19.8. The number of halogens is 2. The van der Waals surface area contributed by atoms with Crippen LogP contribution >= 0.6 is 35.0 Å². The number of hydrogen-bond donors (Lipinski definition) is 1. The van der Waals surface area contributed by atoms with Gasteiger partial charge in [0.2, 0.25) is 15.9 Å². The minimum Gasteiger partial charge on any atom is -0.325 e. The predicted octanol–water partition coefficient (Wildman–Crippen LogP) is 5.29. The maximum absolute atomic E-state index is 13.0. The average Bonchev–Trinajstić information content (AvgIpc) is 2.72. The summed E-state index contributed by atoms with van der Waals surface area (Å²) in [6, 6.07) is 12.4. The van der Waals surface area contributed by atoms with E-state index in [1.807, 2.05) is 24.3 Å². The van der Waals surface area contributed by atoms with Gasteiger partial charge in [0.25, 0.3) is 0 Å². The molecule has 1 saturated heterocycles. The summed E-state index contributed by atoms with van der Waals surface area (Å²) in [5, 5.41) is 3.76. The number of para-hydroxylation sites is 1. The van der Waals surface area contributed by atoms with Crippen LogP contribution in [0.2, 0.25) is 10.0 Å². The molecule has 1 fully saturated rings. The van der Waals surface area contributed by atoms with Crippen molar-refractivity contribution in [2.75, 3.05) is 24.2 Å². The molecule has 1 aliphatic heterocycles. The second-order valence-electron chi connectivity index (χ2n) is 7.11. The Morgan fingerprint density at radius 2 is 2.00 bits per heavy atom. The van der Waals surface area contributed by atoms with E-state index in [2.05, 4.69) is 12.2 Å². The maximum Gasteiger partial charge on any atom is 0.228 e. The van der Waals surface area contributed by atoms with Crippen LogP contribution in [0.1, 0.15) is 25.3 Å². The SMILES string of the molecule is CCSc1ccccc1NC(=O)C1CCCN(S(=O)(=O)Cc2ccc(Cl)cc2Cl)C1. The Balaban J connectivity index is 1.69. The molecule has 3 rings (SSSR count). The molecule has 162 valence electrons. The van der Waals surface area contributed by atoms with Crippen LogP contribution in [0.3, 0.4) is 0 Å². The van der Waals surface area contributed by atoms with Gasteiger partial charge in [0.15, 0.2) is 0 Å². The predicted molar refractivity (Wildman–Crippen MR) is 125 cm³/mol. The summed E-state index contributed by atoms with van der Waals surface area (Å²) in [7, 11) is -3.61. The molecule has 0 aliphatic carbocycles. The van der Waals surface area contributed by atoms with Crippen molar-refractivity contribution in [3.63, 3.8) is 0 Å².